The lowest BCUT2D eigenvalue weighted by Gasteiger charge is -2.15. The first-order valence-corrected chi connectivity index (χ1v) is 10.2. The van der Waals surface area contributed by atoms with Gasteiger partial charge in [0.25, 0.3) is 0 Å². The number of aromatic nitrogens is 2. The number of nitrogens with zero attached hydrogens (tertiary/aromatic N) is 5. The summed E-state index contributed by atoms with van der Waals surface area (Å²) in [7, 11) is 1.51. The number of phenolic OH excluding ortho intramolecular Hbond substituents is 1. The van der Waals surface area contributed by atoms with Crippen LogP contribution < -0.4 is 4.74 Å². The van der Waals surface area contributed by atoms with Crippen LogP contribution in [-0.2, 0) is 13.0 Å². The van der Waals surface area contributed by atoms with Crippen molar-refractivity contribution >= 4 is 27.4 Å². The molecule has 0 fully saturated rings. The Morgan fingerprint density at radius 2 is 2.17 bits per heavy atom. The van der Waals surface area contributed by atoms with Gasteiger partial charge in [-0.15, -0.1) is 16.5 Å². The Bertz CT molecular complexity index is 1170. The largest absolute Gasteiger partial charge is 0.504 e. The summed E-state index contributed by atoms with van der Waals surface area (Å²) in [6.45, 7) is 2.84. The predicted octanol–water partition coefficient (Wildman–Crippen LogP) is 4.69. The van der Waals surface area contributed by atoms with Crippen LogP contribution in [0.25, 0.3) is 10.2 Å². The number of ether oxygens (including phenoxy) is 1. The van der Waals surface area contributed by atoms with Crippen LogP contribution in [0.15, 0.2) is 58.7 Å². The highest BCUT2D eigenvalue weighted by molar-refractivity contribution is 7.19. The lowest BCUT2D eigenvalue weighted by Crippen LogP contribution is -2.15. The van der Waals surface area contributed by atoms with E-state index >= 15 is 0 Å². The van der Waals surface area contributed by atoms with Gasteiger partial charge in [-0.1, -0.05) is 18.2 Å². The lowest BCUT2D eigenvalue weighted by atomic mass is 10.1. The number of thiophene rings is 1. The zero-order valence-corrected chi connectivity index (χ0v) is 17.4. The van der Waals surface area contributed by atoms with E-state index in [0.717, 1.165) is 31.8 Å². The van der Waals surface area contributed by atoms with Gasteiger partial charge < -0.3 is 9.84 Å². The minimum absolute atomic E-state index is 0.0701. The number of rotatable bonds is 6. The normalized spacial score (nSPS) is 14.0. The number of hydrogen-bond donors (Lipinski definition) is 2. The quantitative estimate of drug-likeness (QED) is 0.558. The van der Waals surface area contributed by atoms with E-state index in [4.69, 9.17) is 4.74 Å². The van der Waals surface area contributed by atoms with Gasteiger partial charge in [0.1, 0.15) is 6.33 Å². The van der Waals surface area contributed by atoms with Crippen LogP contribution in [0, 0.1) is 6.92 Å². The van der Waals surface area contributed by atoms with E-state index in [9.17, 15) is 10.3 Å². The predicted molar refractivity (Wildman–Crippen MR) is 114 cm³/mol. The topological polar surface area (TPSA) is 103 Å². The van der Waals surface area contributed by atoms with Gasteiger partial charge in [-0.25, -0.2) is 9.97 Å². The van der Waals surface area contributed by atoms with E-state index in [2.05, 4.69) is 20.2 Å². The molecule has 0 aliphatic carbocycles. The molecule has 2 N–H and O–H groups in total. The van der Waals surface area contributed by atoms with Gasteiger partial charge in [0.2, 0.25) is 0 Å². The van der Waals surface area contributed by atoms with Crippen LogP contribution in [0.5, 0.6) is 11.5 Å². The van der Waals surface area contributed by atoms with E-state index in [1.54, 1.807) is 29.7 Å². The van der Waals surface area contributed by atoms with Crippen molar-refractivity contribution in [2.45, 2.75) is 19.9 Å². The van der Waals surface area contributed by atoms with Crippen molar-refractivity contribution < 1.29 is 15.1 Å². The molecule has 8 nitrogen and oxygen atoms in total. The number of aryl methyl sites for hydroxylation is 1. The molecule has 154 valence electrons. The third-order valence-corrected chi connectivity index (χ3v) is 6.03. The van der Waals surface area contributed by atoms with Gasteiger partial charge in [-0.3, -0.25) is 10.3 Å². The van der Waals surface area contributed by atoms with Crippen LogP contribution in [-0.4, -0.2) is 39.0 Å². The van der Waals surface area contributed by atoms with Gasteiger partial charge in [0.15, 0.2) is 17.3 Å². The van der Waals surface area contributed by atoms with E-state index < -0.39 is 0 Å². The molecule has 0 amide bonds. The van der Waals surface area contributed by atoms with Crippen molar-refractivity contribution in [3.05, 3.63) is 64.5 Å². The molecular weight excluding hydrogens is 402 g/mol. The summed E-state index contributed by atoms with van der Waals surface area (Å²) in [4.78, 5) is 9.86. The van der Waals surface area contributed by atoms with Crippen LogP contribution in [0.4, 0.5) is 5.82 Å². The van der Waals surface area contributed by atoms with Crippen molar-refractivity contribution in [3.63, 3.8) is 0 Å². The molecule has 9 heteroatoms. The second kappa shape index (κ2) is 8.60. The summed E-state index contributed by atoms with van der Waals surface area (Å²) in [5, 5.41) is 29.3. The number of benzene rings is 1. The number of hydroxylamine groups is 2. The maximum absolute atomic E-state index is 9.89. The molecule has 0 saturated carbocycles. The molecule has 0 unspecified atom stereocenters. The maximum atomic E-state index is 9.89. The minimum Gasteiger partial charge on any atom is -0.504 e. The van der Waals surface area contributed by atoms with Gasteiger partial charge in [-0.2, -0.15) is 5.11 Å². The molecule has 0 bridgehead atoms. The van der Waals surface area contributed by atoms with E-state index in [0.29, 0.717) is 31.1 Å². The summed E-state index contributed by atoms with van der Waals surface area (Å²) < 4.78 is 5.93. The molecule has 1 aliphatic heterocycles. The van der Waals surface area contributed by atoms with Crippen molar-refractivity contribution in [1.29, 1.82) is 0 Å². The fourth-order valence-corrected chi connectivity index (χ4v) is 4.43. The monoisotopic (exact) mass is 423 g/mol. The molecule has 0 radical (unpaired) electrons. The van der Waals surface area contributed by atoms with Gasteiger partial charge in [0.05, 0.1) is 30.4 Å². The van der Waals surface area contributed by atoms with Crippen molar-refractivity contribution in [2.24, 2.45) is 10.2 Å². The van der Waals surface area contributed by atoms with Crippen molar-refractivity contribution in [2.75, 3.05) is 13.7 Å². The van der Waals surface area contributed by atoms with Crippen LogP contribution in [0.1, 0.15) is 16.0 Å². The van der Waals surface area contributed by atoms with Crippen LogP contribution in [0.3, 0.4) is 0 Å². The molecule has 4 rings (SSSR count). The molecule has 1 aromatic carbocycles. The second-order valence-electron chi connectivity index (χ2n) is 6.84. The number of azo groups is 1. The van der Waals surface area contributed by atoms with Gasteiger partial charge in [0, 0.05) is 17.5 Å². The summed E-state index contributed by atoms with van der Waals surface area (Å²) in [6.07, 6.45) is 7.87. The highest BCUT2D eigenvalue weighted by atomic mass is 32.1. The number of phenols is 1. The van der Waals surface area contributed by atoms with Crippen LogP contribution in [0.2, 0.25) is 0 Å². The molecule has 0 spiro atoms. The Kier molecular flexibility index (Phi) is 5.73. The molecule has 0 atom stereocenters. The zero-order valence-electron chi connectivity index (χ0n) is 16.6. The van der Waals surface area contributed by atoms with Crippen LogP contribution >= 0.6 is 11.3 Å². The highest BCUT2D eigenvalue weighted by Gasteiger charge is 2.15. The zero-order chi connectivity index (χ0) is 21.1. The summed E-state index contributed by atoms with van der Waals surface area (Å²) in [5.41, 5.74) is 3.78. The van der Waals surface area contributed by atoms with E-state index in [1.807, 2.05) is 25.1 Å². The maximum Gasteiger partial charge on any atom is 0.195 e. The lowest BCUT2D eigenvalue weighted by molar-refractivity contribution is -0.0312. The SMILES string of the molecule is COc1ccc(CN=Nc2ncnc3c(C)c(CC4=CN(O)CC=C4)sc23)cc1O. The third kappa shape index (κ3) is 4.17. The Morgan fingerprint density at radius 1 is 1.30 bits per heavy atom. The molecule has 0 saturated heterocycles. The number of allylic oxidation sites excluding steroid dienone is 2. The summed E-state index contributed by atoms with van der Waals surface area (Å²) in [6, 6.07) is 5.13. The Hall–Kier alpha value is -3.30. The Morgan fingerprint density at radius 3 is 2.93 bits per heavy atom. The highest BCUT2D eigenvalue weighted by Crippen LogP contribution is 2.36. The first-order valence-electron chi connectivity index (χ1n) is 9.34. The third-order valence-electron chi connectivity index (χ3n) is 4.75. The molecular formula is C21H21N5O3S. The summed E-state index contributed by atoms with van der Waals surface area (Å²) in [5.74, 6) is 1.01. The standard InChI is InChI=1S/C21H21N5O3S/c1-13-18(9-15-4-3-7-26(28)11-15)30-20-19(13)22-12-23-21(20)25-24-10-14-5-6-17(29-2)16(27)8-14/h3-6,8,11-12,27-28H,7,9-10H2,1-2H3. The van der Waals surface area contributed by atoms with Crippen molar-refractivity contribution in [3.8, 4) is 11.5 Å². The molecule has 2 aromatic heterocycles. The number of hydrogen-bond acceptors (Lipinski definition) is 9. The smallest absolute Gasteiger partial charge is 0.195 e. The van der Waals surface area contributed by atoms with Crippen molar-refractivity contribution in [1.82, 2.24) is 15.0 Å². The number of aromatic hydroxyl groups is 1. The molecule has 3 heterocycles. The average molecular weight is 423 g/mol. The first kappa shape index (κ1) is 20.0. The van der Waals surface area contributed by atoms with E-state index in [1.165, 1.54) is 18.5 Å². The molecule has 1 aliphatic rings. The number of fused-ring (bicyclic) bond motifs is 1. The van der Waals surface area contributed by atoms with Gasteiger partial charge in [-0.05, 0) is 35.8 Å². The van der Waals surface area contributed by atoms with E-state index in [-0.39, 0.29) is 5.75 Å². The molecule has 3 aromatic rings. The average Bonchev–Trinajstić information content (AvgIpc) is 3.05. The molecule has 30 heavy (non-hydrogen) atoms. The second-order valence-corrected chi connectivity index (χ2v) is 7.94. The fourth-order valence-electron chi connectivity index (χ4n) is 3.20. The minimum atomic E-state index is 0.0701. The number of methoxy groups -OCH3 is 1. The Labute approximate surface area is 177 Å². The Balaban J connectivity index is 1.56. The fraction of sp³-hybridized carbons (Fsp3) is 0.238. The first-order chi connectivity index (χ1) is 14.5. The van der Waals surface area contributed by atoms with Gasteiger partial charge >= 0.3 is 0 Å². The summed E-state index contributed by atoms with van der Waals surface area (Å²) >= 11 is 1.59.